The van der Waals surface area contributed by atoms with Crippen LogP contribution in [0.3, 0.4) is 0 Å². The Morgan fingerprint density at radius 2 is 1.06 bits per heavy atom. The third kappa shape index (κ3) is 5.32. The van der Waals surface area contributed by atoms with Crippen LogP contribution in [-0.4, -0.2) is 0 Å². The first-order valence-corrected chi connectivity index (χ1v) is 24.2. The molecule has 2 nitrogen and oxygen atoms in total. The quantitative estimate of drug-likeness (QED) is 0.164. The molecule has 10 aromatic carbocycles. The maximum atomic E-state index is 2.49. The summed E-state index contributed by atoms with van der Waals surface area (Å²) in [5.74, 6) is 0. The van der Waals surface area contributed by atoms with Crippen LogP contribution in [0, 0.1) is 0 Å². The minimum Gasteiger partial charge on any atom is -0.310 e. The lowest BCUT2D eigenvalue weighted by Gasteiger charge is -2.44. The van der Waals surface area contributed by atoms with Crippen LogP contribution in [0.1, 0.15) is 47.2 Å². The lowest BCUT2D eigenvalue weighted by Crippen LogP contribution is -2.35. The van der Waals surface area contributed by atoms with E-state index in [2.05, 4.69) is 254 Å². The fraction of sp³-hybridized carbons (Fsp3) is 0.0625. The zero-order valence-corrected chi connectivity index (χ0v) is 38.1. The molecule has 1 aliphatic heterocycles. The van der Waals surface area contributed by atoms with Gasteiger partial charge in [-0.3, -0.25) is 0 Å². The van der Waals surface area contributed by atoms with E-state index in [1.54, 1.807) is 0 Å². The third-order valence-electron chi connectivity index (χ3n) is 15.1. The van der Waals surface area contributed by atoms with E-state index in [1.165, 1.54) is 104 Å². The molecule has 0 fully saturated rings. The smallest absolute Gasteiger partial charge is 0.0754 e. The third-order valence-corrected chi connectivity index (χ3v) is 16.3. The summed E-state index contributed by atoms with van der Waals surface area (Å²) in [6, 6.07) is 86.1. The van der Waals surface area contributed by atoms with Gasteiger partial charge in [-0.25, -0.2) is 0 Å². The van der Waals surface area contributed by atoms with Crippen LogP contribution in [0.4, 0.5) is 34.1 Å². The number of nitrogens with zero attached hydrogens (tertiary/aromatic N) is 2. The molecule has 1 unspecified atom stereocenters. The summed E-state index contributed by atoms with van der Waals surface area (Å²) in [4.78, 5) is 4.95. The van der Waals surface area contributed by atoms with Gasteiger partial charge in [0.05, 0.1) is 27.2 Å². The van der Waals surface area contributed by atoms with Crippen LogP contribution in [0.5, 0.6) is 0 Å². The van der Waals surface area contributed by atoms with Crippen molar-refractivity contribution in [1.82, 2.24) is 0 Å². The van der Waals surface area contributed by atoms with E-state index in [-0.39, 0.29) is 5.41 Å². The molecule has 67 heavy (non-hydrogen) atoms. The highest BCUT2D eigenvalue weighted by Crippen LogP contribution is 2.65. The van der Waals surface area contributed by atoms with Crippen LogP contribution in [0.25, 0.3) is 53.6 Å². The predicted molar refractivity (Wildman–Crippen MR) is 283 cm³/mol. The summed E-state index contributed by atoms with van der Waals surface area (Å²) in [5.41, 5.74) is 22.1. The lowest BCUT2D eigenvalue weighted by atomic mass is 9.65. The minimum absolute atomic E-state index is 0.118. The van der Waals surface area contributed by atoms with Gasteiger partial charge in [0.15, 0.2) is 0 Å². The maximum Gasteiger partial charge on any atom is 0.0754 e. The van der Waals surface area contributed by atoms with Crippen molar-refractivity contribution in [3.8, 4) is 33.4 Å². The summed E-state index contributed by atoms with van der Waals surface area (Å²) in [6.45, 7) is 4.74. The van der Waals surface area contributed by atoms with Gasteiger partial charge < -0.3 is 9.80 Å². The fourth-order valence-electron chi connectivity index (χ4n) is 12.1. The van der Waals surface area contributed by atoms with Gasteiger partial charge in [-0.2, -0.15) is 0 Å². The number of anilines is 6. The van der Waals surface area contributed by atoms with Gasteiger partial charge in [0, 0.05) is 43.5 Å². The Balaban J connectivity index is 0.932. The summed E-state index contributed by atoms with van der Waals surface area (Å²) in [7, 11) is 0. The minimum atomic E-state index is -0.479. The highest BCUT2D eigenvalue weighted by atomic mass is 32.1. The van der Waals surface area contributed by atoms with Gasteiger partial charge in [-0.05, 0) is 128 Å². The SMILES string of the molecule is CC1(C)c2ccccc2-c2ccc(N(c3ccc(-c4ccc5c(c4)-c4cccc6c4C5(c4ccccc4)c4ccccc4N6c4ccccc4)cc3)c3cccc4c3sc3ccccc34)cc21. The van der Waals surface area contributed by atoms with Crippen LogP contribution in [-0.2, 0) is 10.8 Å². The molecule has 0 bridgehead atoms. The first-order valence-electron chi connectivity index (χ1n) is 23.3. The Morgan fingerprint density at radius 1 is 0.418 bits per heavy atom. The van der Waals surface area contributed by atoms with Gasteiger partial charge >= 0.3 is 0 Å². The van der Waals surface area contributed by atoms with E-state index in [9.17, 15) is 0 Å². The second-order valence-corrected chi connectivity index (χ2v) is 19.9. The molecule has 0 amide bonds. The highest BCUT2D eigenvalue weighted by molar-refractivity contribution is 7.26. The average molecular weight is 873 g/mol. The molecule has 2 aliphatic carbocycles. The average Bonchev–Trinajstić information content (AvgIpc) is 4.00. The largest absolute Gasteiger partial charge is 0.310 e. The molecular formula is C64H44N2S. The molecule has 1 atom stereocenters. The molecule has 3 heteroatoms. The number of para-hydroxylation sites is 2. The van der Waals surface area contributed by atoms with Crippen molar-refractivity contribution in [2.45, 2.75) is 24.7 Å². The van der Waals surface area contributed by atoms with E-state index in [4.69, 9.17) is 0 Å². The molecule has 0 N–H and O–H groups in total. The van der Waals surface area contributed by atoms with Gasteiger partial charge in [0.1, 0.15) is 0 Å². The lowest BCUT2D eigenvalue weighted by molar-refractivity contribution is 0.660. The van der Waals surface area contributed by atoms with Crippen molar-refractivity contribution in [1.29, 1.82) is 0 Å². The van der Waals surface area contributed by atoms with Crippen LogP contribution >= 0.6 is 11.3 Å². The standard InChI is InChI=1S/C64H44N2S/c1-63(2)53-25-11-9-21-47(53)48-37-36-46(40-56(48)63)65(59-29-16-24-51-49-22-10-14-30-60(49)67-62(51)59)45-34-31-41(32-35-45)42-33-38-54-52(39-42)50-23-15-28-58-61(50)64(54,43-17-5-3-6-18-43)55-26-12-13-27-57(55)66(58)44-19-7-4-8-20-44/h3-40H,1-2H3. The van der Waals surface area contributed by atoms with Gasteiger partial charge in [-0.15, -0.1) is 11.3 Å². The number of benzene rings is 10. The summed E-state index contributed by atoms with van der Waals surface area (Å²) >= 11 is 1.88. The Labute approximate surface area is 395 Å². The summed E-state index contributed by atoms with van der Waals surface area (Å²) < 4.78 is 2.60. The number of rotatable bonds is 6. The van der Waals surface area contributed by atoms with Crippen molar-refractivity contribution < 1.29 is 0 Å². The molecule has 0 spiro atoms. The zero-order valence-electron chi connectivity index (χ0n) is 37.2. The fourth-order valence-corrected chi connectivity index (χ4v) is 13.3. The Kier molecular flexibility index (Phi) is 8.15. The van der Waals surface area contributed by atoms with E-state index in [1.807, 2.05) is 11.3 Å². The first-order chi connectivity index (χ1) is 33.0. The van der Waals surface area contributed by atoms with E-state index < -0.39 is 5.41 Å². The van der Waals surface area contributed by atoms with Crippen molar-refractivity contribution in [3.05, 3.63) is 264 Å². The molecule has 1 aromatic heterocycles. The molecule has 3 aliphatic rings. The summed E-state index contributed by atoms with van der Waals surface area (Å²) in [5, 5.41) is 2.60. The number of hydrogen-bond acceptors (Lipinski definition) is 3. The molecule has 0 saturated carbocycles. The molecule has 11 aromatic rings. The Hall–Kier alpha value is -7.98. The molecular weight excluding hydrogens is 829 g/mol. The van der Waals surface area contributed by atoms with Gasteiger partial charge in [0.2, 0.25) is 0 Å². The van der Waals surface area contributed by atoms with Crippen molar-refractivity contribution in [2.24, 2.45) is 0 Å². The Bertz CT molecular complexity index is 3790. The van der Waals surface area contributed by atoms with E-state index >= 15 is 0 Å². The highest BCUT2D eigenvalue weighted by Gasteiger charge is 2.52. The van der Waals surface area contributed by atoms with Crippen LogP contribution < -0.4 is 9.80 Å². The van der Waals surface area contributed by atoms with Crippen molar-refractivity contribution in [2.75, 3.05) is 9.80 Å². The topological polar surface area (TPSA) is 6.48 Å². The molecule has 316 valence electrons. The second-order valence-electron chi connectivity index (χ2n) is 18.8. The second kappa shape index (κ2) is 14.3. The van der Waals surface area contributed by atoms with Gasteiger partial charge in [-0.1, -0.05) is 178 Å². The normalized spacial score (nSPS) is 15.8. The molecule has 0 saturated heterocycles. The number of thiophene rings is 1. The zero-order chi connectivity index (χ0) is 44.4. The maximum absolute atomic E-state index is 2.49. The first kappa shape index (κ1) is 38.3. The predicted octanol–water partition coefficient (Wildman–Crippen LogP) is 17.6. The van der Waals surface area contributed by atoms with E-state index in [0.717, 1.165) is 17.1 Å². The molecule has 2 heterocycles. The Morgan fingerprint density at radius 3 is 1.91 bits per heavy atom. The van der Waals surface area contributed by atoms with Crippen molar-refractivity contribution >= 4 is 65.6 Å². The van der Waals surface area contributed by atoms with Gasteiger partial charge in [0.25, 0.3) is 0 Å². The van der Waals surface area contributed by atoms with Crippen molar-refractivity contribution in [3.63, 3.8) is 0 Å². The van der Waals surface area contributed by atoms with Crippen LogP contribution in [0.15, 0.2) is 231 Å². The van der Waals surface area contributed by atoms with Crippen LogP contribution in [0.2, 0.25) is 0 Å². The van der Waals surface area contributed by atoms with E-state index in [0.29, 0.717) is 0 Å². The molecule has 0 radical (unpaired) electrons. The molecule has 14 rings (SSSR count). The number of fused-ring (bicyclic) bond motifs is 11. The monoisotopic (exact) mass is 872 g/mol. The number of hydrogen-bond donors (Lipinski definition) is 0. The summed E-state index contributed by atoms with van der Waals surface area (Å²) in [6.07, 6.45) is 0.